The van der Waals surface area contributed by atoms with Crippen molar-refractivity contribution in [3.63, 3.8) is 0 Å². The zero-order valence-corrected chi connectivity index (χ0v) is 28.5. The van der Waals surface area contributed by atoms with Crippen molar-refractivity contribution in [3.8, 4) is 45.3 Å². The summed E-state index contributed by atoms with van der Waals surface area (Å²) in [7, 11) is 0. The second-order valence-electron chi connectivity index (χ2n) is 13.5. The van der Waals surface area contributed by atoms with Crippen molar-refractivity contribution in [2.24, 2.45) is 0 Å². The summed E-state index contributed by atoms with van der Waals surface area (Å²) >= 11 is 0. The Morgan fingerprint density at radius 1 is 0.377 bits per heavy atom. The molecule has 0 amide bonds. The van der Waals surface area contributed by atoms with E-state index in [-0.39, 0.29) is 0 Å². The minimum absolute atomic E-state index is 0.498. The molecule has 0 bridgehead atoms. The van der Waals surface area contributed by atoms with E-state index in [1.165, 1.54) is 54.5 Å². The number of para-hydroxylation sites is 2. The third-order valence-corrected chi connectivity index (χ3v) is 10.5. The number of benzene rings is 8. The molecule has 3 aromatic heterocycles. The number of hydrogen-bond acceptors (Lipinski definition) is 3. The molecule has 0 spiro atoms. The van der Waals surface area contributed by atoms with Gasteiger partial charge in [0.15, 0.2) is 0 Å². The average Bonchev–Trinajstić information content (AvgIpc) is 3.94. The van der Waals surface area contributed by atoms with E-state index in [9.17, 15) is 0 Å². The number of hydrogen-bond donors (Lipinski definition) is 0. The minimum Gasteiger partial charge on any atom is -0.334 e. The Morgan fingerprint density at radius 3 is 1.72 bits per heavy atom. The third kappa shape index (κ3) is 4.64. The van der Waals surface area contributed by atoms with Crippen LogP contribution >= 0.6 is 0 Å². The molecule has 0 aliphatic rings. The second kappa shape index (κ2) is 11.7. The summed E-state index contributed by atoms with van der Waals surface area (Å²) < 4.78 is 10.4. The highest BCUT2D eigenvalue weighted by Crippen LogP contribution is 2.39. The summed E-state index contributed by atoms with van der Waals surface area (Å²) in [5.41, 5.74) is 11.1. The molecule has 0 saturated carbocycles. The SMILES string of the molecule is c1ccc(-c2noc(-c3ccc(-n4c5ccccc5c5cc(-n6c7ccccc7c7cc(-c8cccc9ccccc89)ccc76)ccc54)cc3)n2)cc1. The number of fused-ring (bicyclic) bond motifs is 7. The van der Waals surface area contributed by atoms with Crippen molar-refractivity contribution in [3.05, 3.63) is 182 Å². The van der Waals surface area contributed by atoms with Gasteiger partial charge in [0.05, 0.1) is 22.1 Å². The summed E-state index contributed by atoms with van der Waals surface area (Å²) in [6.45, 7) is 0. The first-order chi connectivity index (χ1) is 26.3. The Morgan fingerprint density at radius 2 is 0.943 bits per heavy atom. The number of aromatic nitrogens is 4. The topological polar surface area (TPSA) is 48.8 Å². The van der Waals surface area contributed by atoms with E-state index in [1.807, 2.05) is 30.3 Å². The molecule has 5 heteroatoms. The molecule has 0 aliphatic heterocycles. The Bertz CT molecular complexity index is 3160. The van der Waals surface area contributed by atoms with E-state index in [1.54, 1.807) is 0 Å². The molecule has 0 N–H and O–H groups in total. The highest BCUT2D eigenvalue weighted by Gasteiger charge is 2.18. The maximum absolute atomic E-state index is 5.66. The zero-order valence-electron chi connectivity index (χ0n) is 28.5. The maximum Gasteiger partial charge on any atom is 0.258 e. The van der Waals surface area contributed by atoms with E-state index in [4.69, 9.17) is 4.52 Å². The van der Waals surface area contributed by atoms with Crippen molar-refractivity contribution in [1.82, 2.24) is 19.3 Å². The molecule has 0 radical (unpaired) electrons. The van der Waals surface area contributed by atoms with E-state index in [0.717, 1.165) is 33.5 Å². The molecular formula is C48H30N4O. The Kier molecular flexibility index (Phi) is 6.48. The number of rotatable bonds is 5. The predicted molar refractivity (Wildman–Crippen MR) is 217 cm³/mol. The largest absolute Gasteiger partial charge is 0.334 e. The van der Waals surface area contributed by atoms with Crippen LogP contribution in [0.4, 0.5) is 0 Å². The lowest BCUT2D eigenvalue weighted by molar-refractivity contribution is 0.432. The summed E-state index contributed by atoms with van der Waals surface area (Å²) in [6, 6.07) is 64.6. The van der Waals surface area contributed by atoms with Crippen molar-refractivity contribution in [2.75, 3.05) is 0 Å². The molecule has 11 rings (SSSR count). The molecule has 8 aromatic carbocycles. The van der Waals surface area contributed by atoms with Crippen molar-refractivity contribution in [1.29, 1.82) is 0 Å². The molecule has 5 nitrogen and oxygen atoms in total. The Balaban J connectivity index is 1.03. The Labute approximate surface area is 304 Å². The molecule has 53 heavy (non-hydrogen) atoms. The van der Waals surface area contributed by atoms with Crippen LogP contribution in [-0.2, 0) is 0 Å². The highest BCUT2D eigenvalue weighted by molar-refractivity contribution is 6.13. The zero-order chi connectivity index (χ0) is 34.9. The van der Waals surface area contributed by atoms with Crippen molar-refractivity contribution >= 4 is 54.4 Å². The van der Waals surface area contributed by atoms with Gasteiger partial charge in [0.25, 0.3) is 5.89 Å². The molecular weight excluding hydrogens is 649 g/mol. The van der Waals surface area contributed by atoms with Gasteiger partial charge in [0.2, 0.25) is 5.82 Å². The van der Waals surface area contributed by atoms with Crippen LogP contribution in [0.2, 0.25) is 0 Å². The minimum atomic E-state index is 0.498. The van der Waals surface area contributed by atoms with Crippen LogP contribution in [0.1, 0.15) is 0 Å². The lowest BCUT2D eigenvalue weighted by atomic mass is 9.97. The van der Waals surface area contributed by atoms with Crippen LogP contribution in [0, 0.1) is 0 Å². The van der Waals surface area contributed by atoms with Gasteiger partial charge in [-0.1, -0.05) is 120 Å². The van der Waals surface area contributed by atoms with Crippen LogP contribution in [0.5, 0.6) is 0 Å². The molecule has 248 valence electrons. The summed E-state index contributed by atoms with van der Waals surface area (Å²) in [5, 5.41) is 11.6. The van der Waals surface area contributed by atoms with Crippen LogP contribution in [-0.4, -0.2) is 19.3 Å². The Hall–Kier alpha value is -7.24. The van der Waals surface area contributed by atoms with Gasteiger partial charge in [-0.05, 0) is 88.6 Å². The smallest absolute Gasteiger partial charge is 0.258 e. The van der Waals surface area contributed by atoms with Gasteiger partial charge in [-0.3, -0.25) is 0 Å². The van der Waals surface area contributed by atoms with E-state index >= 15 is 0 Å². The molecule has 11 aromatic rings. The van der Waals surface area contributed by atoms with E-state index < -0.39 is 0 Å². The first-order valence-corrected chi connectivity index (χ1v) is 17.8. The van der Waals surface area contributed by atoms with Crippen LogP contribution in [0.3, 0.4) is 0 Å². The van der Waals surface area contributed by atoms with E-state index in [0.29, 0.717) is 11.7 Å². The first kappa shape index (κ1) is 29.5. The van der Waals surface area contributed by atoms with Crippen LogP contribution in [0.25, 0.3) is 99.7 Å². The molecule has 0 saturated heterocycles. The fourth-order valence-electron chi connectivity index (χ4n) is 8.07. The molecule has 0 aliphatic carbocycles. The van der Waals surface area contributed by atoms with Gasteiger partial charge < -0.3 is 13.7 Å². The summed E-state index contributed by atoms with van der Waals surface area (Å²) in [5.74, 6) is 1.08. The predicted octanol–water partition coefficient (Wildman–Crippen LogP) is 12.4. The maximum atomic E-state index is 5.66. The summed E-state index contributed by atoms with van der Waals surface area (Å²) in [6.07, 6.45) is 0. The molecule has 0 atom stereocenters. The first-order valence-electron chi connectivity index (χ1n) is 17.8. The molecule has 0 unspecified atom stereocenters. The average molecular weight is 679 g/mol. The summed E-state index contributed by atoms with van der Waals surface area (Å²) in [4.78, 5) is 4.67. The van der Waals surface area contributed by atoms with Crippen molar-refractivity contribution < 1.29 is 4.52 Å². The van der Waals surface area contributed by atoms with E-state index in [2.05, 4.69) is 171 Å². The lowest BCUT2D eigenvalue weighted by Crippen LogP contribution is -1.96. The standard InChI is InChI=1S/C48H30N4O/c1-2-12-32(13-3-1)47-49-48(53-50-47)33-21-24-35(25-22-33)51-43-19-8-7-17-40(43)42-30-36(26-28-46(42)51)52-44-20-9-6-16-39(44)41-29-34(23-27-45(41)52)38-18-10-14-31-11-4-5-15-37(31)38/h1-30H. The monoisotopic (exact) mass is 678 g/mol. The van der Waals surface area contributed by atoms with Crippen molar-refractivity contribution in [2.45, 2.75) is 0 Å². The normalized spacial score (nSPS) is 11.8. The third-order valence-electron chi connectivity index (χ3n) is 10.5. The quantitative estimate of drug-likeness (QED) is 0.182. The molecule has 3 heterocycles. The fourth-order valence-corrected chi connectivity index (χ4v) is 8.07. The fraction of sp³-hybridized carbons (Fsp3) is 0. The van der Waals surface area contributed by atoms with Gasteiger partial charge in [0.1, 0.15) is 0 Å². The van der Waals surface area contributed by atoms with Crippen LogP contribution in [0.15, 0.2) is 187 Å². The highest BCUT2D eigenvalue weighted by atomic mass is 16.5. The van der Waals surface area contributed by atoms with Gasteiger partial charge in [-0.2, -0.15) is 4.98 Å². The van der Waals surface area contributed by atoms with Gasteiger partial charge in [-0.25, -0.2) is 0 Å². The van der Waals surface area contributed by atoms with Gasteiger partial charge in [-0.15, -0.1) is 0 Å². The molecule has 0 fully saturated rings. The number of nitrogens with zero attached hydrogens (tertiary/aromatic N) is 4. The second-order valence-corrected chi connectivity index (χ2v) is 13.5. The van der Waals surface area contributed by atoms with Crippen LogP contribution < -0.4 is 0 Å². The van der Waals surface area contributed by atoms with Gasteiger partial charge >= 0.3 is 0 Å². The van der Waals surface area contributed by atoms with Gasteiger partial charge in [0, 0.05) is 44.0 Å². The lowest BCUT2D eigenvalue weighted by Gasteiger charge is -2.11.